The van der Waals surface area contributed by atoms with Gasteiger partial charge in [0.25, 0.3) is 0 Å². The molecule has 1 atom stereocenters. The van der Waals surface area contributed by atoms with E-state index in [0.717, 1.165) is 11.1 Å². The molecular formula is C14H18N2O3S. The second kappa shape index (κ2) is 5.75. The lowest BCUT2D eigenvalue weighted by molar-refractivity contribution is -0.124. The van der Waals surface area contributed by atoms with E-state index >= 15 is 0 Å². The predicted molar refractivity (Wildman–Crippen MR) is 78.3 cm³/mol. The van der Waals surface area contributed by atoms with Gasteiger partial charge in [0.1, 0.15) is 0 Å². The van der Waals surface area contributed by atoms with Crippen molar-refractivity contribution < 1.29 is 13.2 Å². The van der Waals surface area contributed by atoms with Gasteiger partial charge < -0.3 is 0 Å². The second-order valence-corrected chi connectivity index (χ2v) is 7.37. The highest BCUT2D eigenvalue weighted by Gasteiger charge is 2.32. The summed E-state index contributed by atoms with van der Waals surface area (Å²) in [6.07, 6.45) is 0.382. The number of nitrogens with zero attached hydrogens (tertiary/aromatic N) is 1. The van der Waals surface area contributed by atoms with Gasteiger partial charge in [-0.15, -0.1) is 0 Å². The van der Waals surface area contributed by atoms with Crippen LogP contribution < -0.4 is 5.43 Å². The third kappa shape index (κ3) is 3.66. The Kier molecular flexibility index (Phi) is 4.23. The van der Waals surface area contributed by atoms with Crippen LogP contribution in [0.2, 0.25) is 0 Å². The zero-order valence-corrected chi connectivity index (χ0v) is 12.4. The highest BCUT2D eigenvalue weighted by atomic mass is 32.2. The molecule has 1 heterocycles. The zero-order chi connectivity index (χ0) is 14.8. The lowest BCUT2D eigenvalue weighted by Crippen LogP contribution is -2.28. The smallest absolute Gasteiger partial charge is 0.244 e. The molecule has 108 valence electrons. The molecule has 0 spiro atoms. The van der Waals surface area contributed by atoms with Gasteiger partial charge in [-0.1, -0.05) is 29.8 Å². The first-order valence-electron chi connectivity index (χ1n) is 6.49. The number of hydrogen-bond donors (Lipinski definition) is 1. The van der Waals surface area contributed by atoms with Crippen LogP contribution in [0.15, 0.2) is 29.4 Å². The van der Waals surface area contributed by atoms with Gasteiger partial charge in [-0.25, -0.2) is 13.8 Å². The summed E-state index contributed by atoms with van der Waals surface area (Å²) in [6, 6.07) is 7.81. The van der Waals surface area contributed by atoms with Crippen LogP contribution in [-0.2, 0) is 14.6 Å². The third-order valence-corrected chi connectivity index (χ3v) is 5.17. The first-order valence-corrected chi connectivity index (χ1v) is 8.31. The number of nitrogens with one attached hydrogen (secondary N) is 1. The molecule has 1 saturated heterocycles. The summed E-state index contributed by atoms with van der Waals surface area (Å²) in [5.41, 5.74) is 5.23. The van der Waals surface area contributed by atoms with E-state index in [-0.39, 0.29) is 17.4 Å². The van der Waals surface area contributed by atoms with Gasteiger partial charge in [-0.05, 0) is 25.8 Å². The van der Waals surface area contributed by atoms with Gasteiger partial charge in [0.15, 0.2) is 9.84 Å². The Morgan fingerprint density at radius 1 is 1.30 bits per heavy atom. The molecular weight excluding hydrogens is 276 g/mol. The molecule has 1 aliphatic rings. The molecule has 5 nitrogen and oxygen atoms in total. The van der Waals surface area contributed by atoms with E-state index in [9.17, 15) is 13.2 Å². The lowest BCUT2D eigenvalue weighted by Gasteiger charge is -2.07. The maximum atomic E-state index is 11.8. The highest BCUT2D eigenvalue weighted by Crippen LogP contribution is 2.18. The van der Waals surface area contributed by atoms with Crippen LogP contribution in [0.4, 0.5) is 0 Å². The van der Waals surface area contributed by atoms with Crippen molar-refractivity contribution in [2.45, 2.75) is 20.3 Å². The Bertz CT molecular complexity index is 633. The summed E-state index contributed by atoms with van der Waals surface area (Å²) < 4.78 is 22.6. The van der Waals surface area contributed by atoms with E-state index in [2.05, 4.69) is 10.5 Å². The fourth-order valence-corrected chi connectivity index (χ4v) is 3.83. The number of carbonyl (C=O) groups excluding carboxylic acids is 1. The summed E-state index contributed by atoms with van der Waals surface area (Å²) in [5, 5.41) is 4.04. The number of hydrazone groups is 1. The predicted octanol–water partition coefficient (Wildman–Crippen LogP) is 1.27. The first-order chi connectivity index (χ1) is 9.37. The fourth-order valence-electron chi connectivity index (χ4n) is 2.09. The summed E-state index contributed by atoms with van der Waals surface area (Å²) in [5.74, 6) is -0.781. The maximum Gasteiger partial charge on any atom is 0.244 e. The van der Waals surface area contributed by atoms with Gasteiger partial charge in [0.05, 0.1) is 23.1 Å². The van der Waals surface area contributed by atoms with Crippen molar-refractivity contribution in [1.82, 2.24) is 5.43 Å². The molecule has 0 aromatic heterocycles. The maximum absolute atomic E-state index is 11.8. The van der Waals surface area contributed by atoms with Crippen molar-refractivity contribution in [2.24, 2.45) is 11.0 Å². The third-order valence-electron chi connectivity index (χ3n) is 3.41. The number of carbonyl (C=O) groups is 1. The number of aryl methyl sites for hydroxylation is 1. The topological polar surface area (TPSA) is 75.6 Å². The Morgan fingerprint density at radius 3 is 2.50 bits per heavy atom. The van der Waals surface area contributed by atoms with E-state index in [0.29, 0.717) is 12.1 Å². The molecule has 0 unspecified atom stereocenters. The SMILES string of the molecule is C/C(=N/NC(=O)[C@H]1CCS(=O)(=O)C1)c1ccc(C)cc1. The van der Waals surface area contributed by atoms with Gasteiger partial charge in [-0.3, -0.25) is 4.79 Å². The van der Waals surface area contributed by atoms with Crippen LogP contribution in [-0.4, -0.2) is 31.5 Å². The minimum absolute atomic E-state index is 0.0715. The molecule has 6 heteroatoms. The molecule has 1 amide bonds. The van der Waals surface area contributed by atoms with Crippen molar-refractivity contribution in [3.05, 3.63) is 35.4 Å². The average Bonchev–Trinajstić information content (AvgIpc) is 2.77. The summed E-state index contributed by atoms with van der Waals surface area (Å²) in [4.78, 5) is 11.8. The summed E-state index contributed by atoms with van der Waals surface area (Å²) in [6.45, 7) is 3.80. The molecule has 2 rings (SSSR count). The summed E-state index contributed by atoms with van der Waals surface area (Å²) in [7, 11) is -3.05. The molecule has 1 N–H and O–H groups in total. The molecule has 0 radical (unpaired) electrons. The fraction of sp³-hybridized carbons (Fsp3) is 0.429. The van der Waals surface area contributed by atoms with Crippen LogP contribution in [0.1, 0.15) is 24.5 Å². The Balaban J connectivity index is 1.98. The van der Waals surface area contributed by atoms with Crippen molar-refractivity contribution in [3.8, 4) is 0 Å². The molecule has 20 heavy (non-hydrogen) atoms. The number of amides is 1. The minimum atomic E-state index is -3.05. The van der Waals surface area contributed by atoms with Crippen LogP contribution in [0.3, 0.4) is 0 Å². The quantitative estimate of drug-likeness (QED) is 0.674. The van der Waals surface area contributed by atoms with E-state index in [1.165, 1.54) is 0 Å². The zero-order valence-electron chi connectivity index (χ0n) is 11.6. The number of benzene rings is 1. The standard InChI is InChI=1S/C14H18N2O3S/c1-10-3-5-12(6-4-10)11(2)15-16-14(17)13-7-8-20(18,19)9-13/h3-6,13H,7-9H2,1-2H3,(H,16,17)/b15-11-/t13-/m0/s1. The Hall–Kier alpha value is -1.69. The average molecular weight is 294 g/mol. The number of hydrogen-bond acceptors (Lipinski definition) is 4. The van der Waals surface area contributed by atoms with Crippen LogP contribution in [0.5, 0.6) is 0 Å². The van der Waals surface area contributed by atoms with Crippen LogP contribution in [0.25, 0.3) is 0 Å². The lowest BCUT2D eigenvalue weighted by atomic mass is 10.1. The largest absolute Gasteiger partial charge is 0.273 e. The van der Waals surface area contributed by atoms with Crippen LogP contribution >= 0.6 is 0 Å². The molecule has 0 saturated carbocycles. The number of sulfone groups is 1. The van der Waals surface area contributed by atoms with E-state index in [1.807, 2.05) is 31.2 Å². The monoisotopic (exact) mass is 294 g/mol. The molecule has 1 aliphatic heterocycles. The van der Waals surface area contributed by atoms with Crippen molar-refractivity contribution in [1.29, 1.82) is 0 Å². The number of rotatable bonds is 3. The van der Waals surface area contributed by atoms with Crippen molar-refractivity contribution >= 4 is 21.5 Å². The molecule has 0 bridgehead atoms. The Labute approximate surface area is 119 Å². The Morgan fingerprint density at radius 2 is 1.95 bits per heavy atom. The van der Waals surface area contributed by atoms with E-state index in [4.69, 9.17) is 0 Å². The van der Waals surface area contributed by atoms with Crippen molar-refractivity contribution in [2.75, 3.05) is 11.5 Å². The minimum Gasteiger partial charge on any atom is -0.273 e. The molecule has 1 aromatic carbocycles. The van der Waals surface area contributed by atoms with Crippen LogP contribution in [0, 0.1) is 12.8 Å². The van der Waals surface area contributed by atoms with Crippen molar-refractivity contribution in [3.63, 3.8) is 0 Å². The van der Waals surface area contributed by atoms with Gasteiger partial charge in [-0.2, -0.15) is 5.10 Å². The molecule has 1 aromatic rings. The molecule has 1 fully saturated rings. The second-order valence-electron chi connectivity index (χ2n) is 5.14. The first kappa shape index (κ1) is 14.7. The van der Waals surface area contributed by atoms with E-state index < -0.39 is 15.8 Å². The van der Waals surface area contributed by atoms with Gasteiger partial charge >= 0.3 is 0 Å². The highest BCUT2D eigenvalue weighted by molar-refractivity contribution is 7.91. The summed E-state index contributed by atoms with van der Waals surface area (Å²) >= 11 is 0. The molecule has 0 aliphatic carbocycles. The van der Waals surface area contributed by atoms with E-state index in [1.54, 1.807) is 6.92 Å². The normalized spacial score (nSPS) is 21.7. The van der Waals surface area contributed by atoms with Gasteiger partial charge in [0, 0.05) is 0 Å². The van der Waals surface area contributed by atoms with Gasteiger partial charge in [0.2, 0.25) is 5.91 Å².